The lowest BCUT2D eigenvalue weighted by Crippen LogP contribution is -2.48. The Bertz CT molecular complexity index is 1390. The maximum absolute atomic E-state index is 13.2. The fourth-order valence-electron chi connectivity index (χ4n) is 5.01. The number of benzene rings is 2. The highest BCUT2D eigenvalue weighted by Crippen LogP contribution is 2.59. The quantitative estimate of drug-likeness (QED) is 0.191. The van der Waals surface area contributed by atoms with Gasteiger partial charge in [0.1, 0.15) is 29.8 Å². The fourth-order valence-corrected chi connectivity index (χ4v) is 5.01. The number of anilines is 1. The van der Waals surface area contributed by atoms with Gasteiger partial charge in [0.05, 0.1) is 12.2 Å². The summed E-state index contributed by atoms with van der Waals surface area (Å²) in [6.07, 6.45) is 2.50. The molecule has 5 rings (SSSR count). The Balaban J connectivity index is 1.16. The molecule has 1 aliphatic carbocycles. The van der Waals surface area contributed by atoms with Crippen LogP contribution in [0.5, 0.6) is 11.5 Å². The second kappa shape index (κ2) is 10.6. The molecule has 3 atom stereocenters. The molecule has 39 heavy (non-hydrogen) atoms. The van der Waals surface area contributed by atoms with Crippen LogP contribution in [0.4, 0.5) is 5.69 Å². The molecule has 200 valence electrons. The van der Waals surface area contributed by atoms with Crippen molar-refractivity contribution in [2.45, 2.75) is 44.8 Å². The molecule has 2 aliphatic rings. The van der Waals surface area contributed by atoms with Gasteiger partial charge in [-0.15, -0.1) is 0 Å². The molecule has 10 heteroatoms. The summed E-state index contributed by atoms with van der Waals surface area (Å²) in [5, 5.41) is 13.1. The number of nitrogens with one attached hydrogen (secondary N) is 3. The highest BCUT2D eigenvalue weighted by Gasteiger charge is 2.64. The highest BCUT2D eigenvalue weighted by molar-refractivity contribution is 6.05. The predicted octanol–water partition coefficient (Wildman–Crippen LogP) is 3.18. The third-order valence-electron chi connectivity index (χ3n) is 7.23. The molecule has 5 N–H and O–H groups in total. The number of nitrogens with zero attached hydrogens (tertiary/aromatic N) is 2. The molecule has 3 amide bonds. The van der Waals surface area contributed by atoms with Crippen LogP contribution >= 0.6 is 0 Å². The van der Waals surface area contributed by atoms with E-state index in [0.717, 1.165) is 6.42 Å². The number of hydrogen-bond donors (Lipinski definition) is 4. The van der Waals surface area contributed by atoms with Gasteiger partial charge in [-0.2, -0.15) is 0 Å². The molecule has 2 aromatic carbocycles. The molecule has 0 radical (unpaired) electrons. The molecular formula is C29H30N6O4. The van der Waals surface area contributed by atoms with Gasteiger partial charge in [-0.1, -0.05) is 25.1 Å². The van der Waals surface area contributed by atoms with Gasteiger partial charge in [-0.3, -0.25) is 24.8 Å². The molecule has 3 aromatic rings. The number of nitrogens with two attached hydrogens (primary N) is 1. The van der Waals surface area contributed by atoms with Crippen LogP contribution in [0, 0.1) is 10.8 Å². The lowest BCUT2D eigenvalue weighted by Gasteiger charge is -2.26. The average Bonchev–Trinajstić information content (AvgIpc) is 3.48. The van der Waals surface area contributed by atoms with E-state index in [9.17, 15) is 14.4 Å². The first-order valence-corrected chi connectivity index (χ1v) is 12.7. The first kappa shape index (κ1) is 25.9. The van der Waals surface area contributed by atoms with Crippen molar-refractivity contribution in [2.75, 3.05) is 5.32 Å². The molecule has 1 saturated carbocycles. The predicted molar refractivity (Wildman–Crippen MR) is 145 cm³/mol. The van der Waals surface area contributed by atoms with E-state index in [2.05, 4.69) is 22.5 Å². The molecule has 1 aliphatic heterocycles. The number of rotatable bonds is 9. The molecule has 0 unspecified atom stereocenters. The second-order valence-corrected chi connectivity index (χ2v) is 10.2. The van der Waals surface area contributed by atoms with Crippen LogP contribution in [0.2, 0.25) is 0 Å². The number of piperidine rings is 1. The van der Waals surface area contributed by atoms with Crippen molar-refractivity contribution in [3.63, 3.8) is 0 Å². The summed E-state index contributed by atoms with van der Waals surface area (Å²) in [6, 6.07) is 18.9. The van der Waals surface area contributed by atoms with E-state index >= 15 is 0 Å². The average molecular weight is 527 g/mol. The van der Waals surface area contributed by atoms with Crippen LogP contribution in [0.3, 0.4) is 0 Å². The topological polar surface area (TPSA) is 150 Å². The number of carbonyl (C=O) groups excluding carboxylic acids is 3. The van der Waals surface area contributed by atoms with E-state index in [1.807, 2.05) is 30.3 Å². The molecule has 2 heterocycles. The van der Waals surface area contributed by atoms with Crippen LogP contribution in [0.1, 0.15) is 37.4 Å². The van der Waals surface area contributed by atoms with E-state index in [0.29, 0.717) is 34.9 Å². The number of fused-ring (bicyclic) bond motifs is 1. The first-order chi connectivity index (χ1) is 18.7. The second-order valence-electron chi connectivity index (χ2n) is 10.2. The Hall–Kier alpha value is -4.73. The minimum Gasteiger partial charge on any atom is -0.457 e. The largest absolute Gasteiger partial charge is 0.457 e. The third-order valence-corrected chi connectivity index (χ3v) is 7.23. The summed E-state index contributed by atoms with van der Waals surface area (Å²) < 4.78 is 5.76. The van der Waals surface area contributed by atoms with Crippen molar-refractivity contribution in [1.82, 2.24) is 15.2 Å². The number of pyridine rings is 1. The molecule has 10 nitrogen and oxygen atoms in total. The summed E-state index contributed by atoms with van der Waals surface area (Å²) in [4.78, 5) is 44.7. The van der Waals surface area contributed by atoms with Gasteiger partial charge in [-0.05, 0) is 66.8 Å². The zero-order valence-corrected chi connectivity index (χ0v) is 21.5. The monoisotopic (exact) mass is 526 g/mol. The fraction of sp³-hybridized carbons (Fsp3) is 0.276. The molecule has 1 saturated heterocycles. The van der Waals surface area contributed by atoms with Gasteiger partial charge in [-0.25, -0.2) is 0 Å². The number of aromatic nitrogens is 1. The number of nitrogen functional groups attached to an aromatic ring is 1. The van der Waals surface area contributed by atoms with Crippen molar-refractivity contribution >= 4 is 29.2 Å². The van der Waals surface area contributed by atoms with Crippen LogP contribution in [-0.4, -0.2) is 45.5 Å². The minimum absolute atomic E-state index is 0.0454. The molecule has 0 spiro atoms. The lowest BCUT2D eigenvalue weighted by molar-refractivity contribution is -0.141. The standard InChI is InChI=1S/C29H30N6O4/c1-29-14-23(28(38)33-17-20-8-7-18(16-32-20)27(30)31)35(24(29)15-29)26(37)13-25(36)34-19-9-11-22(12-10-19)39-21-5-3-2-4-6-21/h2-12,16,23-24H,13-15,17H2,1H3,(H3,30,31)(H,33,38)(H,34,36)/t23-,24-,29+/m0/s1. The van der Waals surface area contributed by atoms with Gasteiger partial charge in [0.25, 0.3) is 0 Å². The number of likely N-dealkylation sites (tertiary alicyclic amines) is 1. The number of carbonyl (C=O) groups is 3. The number of amidine groups is 1. The minimum atomic E-state index is -0.639. The van der Waals surface area contributed by atoms with E-state index in [1.54, 1.807) is 41.3 Å². The maximum atomic E-state index is 13.2. The number of ether oxygens (including phenoxy) is 1. The summed E-state index contributed by atoms with van der Waals surface area (Å²) in [5.74, 6) is 0.164. The maximum Gasteiger partial charge on any atom is 0.243 e. The highest BCUT2D eigenvalue weighted by atomic mass is 16.5. The van der Waals surface area contributed by atoms with Gasteiger partial charge in [0, 0.05) is 23.5 Å². The summed E-state index contributed by atoms with van der Waals surface area (Å²) in [7, 11) is 0. The van der Waals surface area contributed by atoms with Crippen molar-refractivity contribution in [3.8, 4) is 11.5 Å². The van der Waals surface area contributed by atoms with Gasteiger partial charge < -0.3 is 26.0 Å². The van der Waals surface area contributed by atoms with Gasteiger partial charge >= 0.3 is 0 Å². The van der Waals surface area contributed by atoms with Crippen LogP contribution < -0.4 is 21.1 Å². The smallest absolute Gasteiger partial charge is 0.243 e. The Morgan fingerprint density at radius 3 is 2.44 bits per heavy atom. The first-order valence-electron chi connectivity index (χ1n) is 12.7. The Morgan fingerprint density at radius 2 is 1.77 bits per heavy atom. The van der Waals surface area contributed by atoms with E-state index in [1.165, 1.54) is 6.20 Å². The van der Waals surface area contributed by atoms with Gasteiger partial charge in [0.2, 0.25) is 17.7 Å². The van der Waals surface area contributed by atoms with E-state index in [4.69, 9.17) is 15.9 Å². The van der Waals surface area contributed by atoms with Crippen LogP contribution in [0.15, 0.2) is 72.9 Å². The molecule has 0 bridgehead atoms. The van der Waals surface area contributed by atoms with Gasteiger partial charge in [0.15, 0.2) is 0 Å². The number of amides is 3. The third kappa shape index (κ3) is 5.90. The van der Waals surface area contributed by atoms with E-state index < -0.39 is 11.9 Å². The Morgan fingerprint density at radius 1 is 1.05 bits per heavy atom. The summed E-state index contributed by atoms with van der Waals surface area (Å²) in [6.45, 7) is 2.24. The Kier molecular flexibility index (Phi) is 7.02. The zero-order chi connectivity index (χ0) is 27.6. The molecular weight excluding hydrogens is 496 g/mol. The normalized spacial score (nSPS) is 21.0. The lowest BCUT2D eigenvalue weighted by atomic mass is 10.0. The van der Waals surface area contributed by atoms with Crippen LogP contribution in [-0.2, 0) is 20.9 Å². The number of para-hydroxylation sites is 1. The molecule has 2 fully saturated rings. The summed E-state index contributed by atoms with van der Waals surface area (Å²) in [5.41, 5.74) is 7.00. The van der Waals surface area contributed by atoms with Crippen molar-refractivity contribution in [3.05, 3.63) is 84.2 Å². The molecule has 1 aromatic heterocycles. The zero-order valence-electron chi connectivity index (χ0n) is 21.5. The van der Waals surface area contributed by atoms with Crippen LogP contribution in [0.25, 0.3) is 0 Å². The Labute approximate surface area is 226 Å². The van der Waals surface area contributed by atoms with Crippen molar-refractivity contribution < 1.29 is 19.1 Å². The summed E-state index contributed by atoms with van der Waals surface area (Å²) >= 11 is 0. The number of hydrogen-bond acceptors (Lipinski definition) is 6. The van der Waals surface area contributed by atoms with Crippen molar-refractivity contribution in [1.29, 1.82) is 5.41 Å². The van der Waals surface area contributed by atoms with E-state index in [-0.39, 0.29) is 42.1 Å². The van der Waals surface area contributed by atoms with Crippen molar-refractivity contribution in [2.24, 2.45) is 11.1 Å². The SMILES string of the molecule is C[C@@]12C[C@@H]1N(C(=O)CC(=O)Nc1ccc(Oc3ccccc3)cc1)[C@H](C(=O)NCc1ccc(C(=N)N)cn1)C2.